The minimum atomic E-state index is -1.07. The molecule has 6 nitrogen and oxygen atoms in total. The molecule has 1 aromatic heterocycles. The van der Waals surface area contributed by atoms with Gasteiger partial charge in [0.15, 0.2) is 6.23 Å². The average molecular weight is 588 g/mol. The number of halogens is 2. The van der Waals surface area contributed by atoms with E-state index in [9.17, 15) is 10.1 Å². The zero-order valence-electron chi connectivity index (χ0n) is 23.2. The number of hydrogen-bond acceptors (Lipinski definition) is 5. The number of fused-ring (bicyclic) bond motifs is 1. The van der Waals surface area contributed by atoms with Crippen LogP contribution >= 0.6 is 23.2 Å². The van der Waals surface area contributed by atoms with Gasteiger partial charge in [-0.05, 0) is 64.9 Å². The van der Waals surface area contributed by atoms with E-state index in [1.165, 1.54) is 0 Å². The lowest BCUT2D eigenvalue weighted by Gasteiger charge is -2.37. The predicted molar refractivity (Wildman–Crippen MR) is 163 cm³/mol. The van der Waals surface area contributed by atoms with Gasteiger partial charge in [-0.3, -0.25) is 10.3 Å². The number of alkyl carbamates (subject to hydrolysis) is 1. The number of aromatic nitrogens is 1. The Morgan fingerprint density at radius 1 is 1.05 bits per heavy atom. The molecule has 210 valence electrons. The highest BCUT2D eigenvalue weighted by molar-refractivity contribution is 6.30. The maximum atomic E-state index is 13.2. The second-order valence-corrected chi connectivity index (χ2v) is 12.6. The second kappa shape index (κ2) is 11.7. The number of nitriles is 1. The number of carbonyl (C=O) groups is 1. The maximum absolute atomic E-state index is 13.2. The molecule has 0 bridgehead atoms. The molecule has 1 saturated heterocycles. The van der Waals surface area contributed by atoms with Crippen molar-refractivity contribution in [3.05, 3.63) is 112 Å². The van der Waals surface area contributed by atoms with E-state index in [1.54, 1.807) is 24.4 Å². The largest absolute Gasteiger partial charge is 0.430 e. The van der Waals surface area contributed by atoms with Gasteiger partial charge in [-0.15, -0.1) is 0 Å². The van der Waals surface area contributed by atoms with Crippen molar-refractivity contribution < 1.29 is 9.53 Å². The SMILES string of the molecule is CC(C)(C)C[C@@H]1N[C@H](OC(=O)NCc2cnc3ccccc3c2)[C@H](c2cccc(Cl)c2)[C@@]1(C#N)c1ccc(Cl)cc1. The zero-order chi connectivity index (χ0) is 29.2. The smallest absolute Gasteiger partial charge is 0.409 e. The van der Waals surface area contributed by atoms with Crippen molar-refractivity contribution in [2.75, 3.05) is 0 Å². The van der Waals surface area contributed by atoms with Crippen LogP contribution in [0.1, 0.15) is 49.8 Å². The molecule has 5 rings (SSSR count). The van der Waals surface area contributed by atoms with Crippen LogP contribution in [0.3, 0.4) is 0 Å². The molecule has 41 heavy (non-hydrogen) atoms. The van der Waals surface area contributed by atoms with E-state index in [1.807, 2.05) is 60.7 Å². The third kappa shape index (κ3) is 6.18. The number of ether oxygens (including phenoxy) is 1. The first-order chi connectivity index (χ1) is 19.6. The van der Waals surface area contributed by atoms with Crippen molar-refractivity contribution in [1.82, 2.24) is 15.6 Å². The molecule has 2 heterocycles. The van der Waals surface area contributed by atoms with Gasteiger partial charge < -0.3 is 10.1 Å². The molecule has 1 amide bonds. The lowest BCUT2D eigenvalue weighted by molar-refractivity contribution is 0.0742. The van der Waals surface area contributed by atoms with Crippen LogP contribution in [0, 0.1) is 16.7 Å². The highest BCUT2D eigenvalue weighted by atomic mass is 35.5. The average Bonchev–Trinajstić information content (AvgIpc) is 3.23. The summed E-state index contributed by atoms with van der Waals surface area (Å²) in [5.74, 6) is -0.548. The van der Waals surface area contributed by atoms with Gasteiger partial charge in [0.25, 0.3) is 0 Å². The molecule has 0 spiro atoms. The van der Waals surface area contributed by atoms with E-state index in [-0.39, 0.29) is 18.0 Å². The Balaban J connectivity index is 1.49. The standard InChI is InChI=1S/C33H32Cl2N4O2/c1-32(2,3)17-28-33(20-36,24-11-13-25(34)14-12-24)29(23-8-6-9-26(35)16-23)30(39-28)41-31(40)38-19-21-15-22-7-4-5-10-27(22)37-18-21/h4-16,18,28-30,39H,17,19H2,1-3H3,(H,38,40)/t28-,29-,30+,33-/m0/s1. The summed E-state index contributed by atoms with van der Waals surface area (Å²) in [4.78, 5) is 17.7. The Bertz CT molecular complexity index is 1600. The molecule has 0 saturated carbocycles. The summed E-state index contributed by atoms with van der Waals surface area (Å²) in [6, 6.07) is 26.9. The Labute approximate surface area is 250 Å². The van der Waals surface area contributed by atoms with Crippen molar-refractivity contribution in [2.24, 2.45) is 5.41 Å². The van der Waals surface area contributed by atoms with Gasteiger partial charge >= 0.3 is 6.09 Å². The van der Waals surface area contributed by atoms with E-state index >= 15 is 0 Å². The minimum Gasteiger partial charge on any atom is -0.430 e. The lowest BCUT2D eigenvalue weighted by Crippen LogP contribution is -2.44. The highest BCUT2D eigenvalue weighted by Gasteiger charge is 2.59. The summed E-state index contributed by atoms with van der Waals surface area (Å²) in [6.45, 7) is 6.64. The highest BCUT2D eigenvalue weighted by Crippen LogP contribution is 2.51. The molecular formula is C33H32Cl2N4O2. The van der Waals surface area contributed by atoms with Gasteiger partial charge in [-0.1, -0.05) is 86.4 Å². The van der Waals surface area contributed by atoms with E-state index in [0.717, 1.165) is 27.6 Å². The molecule has 4 aromatic rings. The van der Waals surface area contributed by atoms with Gasteiger partial charge in [0.2, 0.25) is 0 Å². The monoisotopic (exact) mass is 586 g/mol. The van der Waals surface area contributed by atoms with Crippen LogP contribution in [0.15, 0.2) is 85.1 Å². The first-order valence-electron chi connectivity index (χ1n) is 13.6. The summed E-state index contributed by atoms with van der Waals surface area (Å²) >= 11 is 12.7. The van der Waals surface area contributed by atoms with Crippen LogP contribution in [-0.2, 0) is 16.7 Å². The van der Waals surface area contributed by atoms with Gasteiger partial charge in [0.05, 0.1) is 17.5 Å². The van der Waals surface area contributed by atoms with Crippen LogP contribution in [0.5, 0.6) is 0 Å². The van der Waals surface area contributed by atoms with Gasteiger partial charge in [0.1, 0.15) is 5.41 Å². The molecule has 0 aliphatic carbocycles. The van der Waals surface area contributed by atoms with E-state index in [4.69, 9.17) is 27.9 Å². The topological polar surface area (TPSA) is 87.0 Å². The summed E-state index contributed by atoms with van der Waals surface area (Å²) in [5, 5.41) is 19.5. The van der Waals surface area contributed by atoms with Crippen LogP contribution in [0.4, 0.5) is 4.79 Å². The molecule has 4 atom stereocenters. The summed E-state index contributed by atoms with van der Waals surface area (Å²) in [5.41, 5.74) is 2.14. The number of rotatable bonds is 6. The van der Waals surface area contributed by atoms with Crippen LogP contribution in [0.25, 0.3) is 10.9 Å². The molecule has 1 aliphatic rings. The molecule has 0 unspecified atom stereocenters. The van der Waals surface area contributed by atoms with Crippen molar-refractivity contribution in [3.63, 3.8) is 0 Å². The van der Waals surface area contributed by atoms with E-state index in [2.05, 4.69) is 42.5 Å². The first-order valence-corrected chi connectivity index (χ1v) is 14.3. The fourth-order valence-corrected chi connectivity index (χ4v) is 6.14. The molecule has 3 aromatic carbocycles. The first kappa shape index (κ1) is 28.9. The normalized spacial score (nSPS) is 22.3. The fourth-order valence-electron chi connectivity index (χ4n) is 5.82. The van der Waals surface area contributed by atoms with E-state index < -0.39 is 23.7 Å². The van der Waals surface area contributed by atoms with Crippen molar-refractivity contribution in [3.8, 4) is 6.07 Å². The number of nitrogens with one attached hydrogen (secondary N) is 2. The van der Waals surface area contributed by atoms with E-state index in [0.29, 0.717) is 16.5 Å². The number of hydrogen-bond donors (Lipinski definition) is 2. The third-order valence-electron chi connectivity index (χ3n) is 7.56. The molecule has 0 radical (unpaired) electrons. The number of benzene rings is 3. The Kier molecular flexibility index (Phi) is 8.24. The molecule has 2 N–H and O–H groups in total. The van der Waals surface area contributed by atoms with Gasteiger partial charge in [0, 0.05) is 34.2 Å². The number of pyridine rings is 1. The van der Waals surface area contributed by atoms with Gasteiger partial charge in [-0.25, -0.2) is 4.79 Å². The second-order valence-electron chi connectivity index (χ2n) is 11.7. The predicted octanol–water partition coefficient (Wildman–Crippen LogP) is 7.75. The zero-order valence-corrected chi connectivity index (χ0v) is 24.7. The van der Waals surface area contributed by atoms with Crippen molar-refractivity contribution >= 4 is 40.2 Å². The lowest BCUT2D eigenvalue weighted by atomic mass is 9.64. The minimum absolute atomic E-state index is 0.120. The molecule has 1 fully saturated rings. The fraction of sp³-hybridized carbons (Fsp3) is 0.303. The molecule has 1 aliphatic heterocycles. The molecular weight excluding hydrogens is 555 g/mol. The van der Waals surface area contributed by atoms with Crippen molar-refractivity contribution in [1.29, 1.82) is 5.26 Å². The number of nitrogens with zero attached hydrogens (tertiary/aromatic N) is 2. The summed E-state index contributed by atoms with van der Waals surface area (Å²) < 4.78 is 6.07. The van der Waals surface area contributed by atoms with Crippen LogP contribution < -0.4 is 10.6 Å². The van der Waals surface area contributed by atoms with Crippen LogP contribution in [-0.4, -0.2) is 23.3 Å². The Hall–Kier alpha value is -3.63. The number of amides is 1. The Morgan fingerprint density at radius 3 is 2.51 bits per heavy atom. The maximum Gasteiger partial charge on any atom is 0.409 e. The van der Waals surface area contributed by atoms with Gasteiger partial charge in [-0.2, -0.15) is 5.26 Å². The number of carbonyl (C=O) groups excluding carboxylic acids is 1. The number of para-hydroxylation sites is 1. The quantitative estimate of drug-likeness (QED) is 0.241. The molecule has 8 heteroatoms. The summed E-state index contributed by atoms with van der Waals surface area (Å²) in [6.07, 6.45) is 1.00. The Morgan fingerprint density at radius 2 is 1.80 bits per heavy atom. The van der Waals surface area contributed by atoms with Crippen molar-refractivity contribution in [2.45, 2.75) is 57.3 Å². The summed E-state index contributed by atoms with van der Waals surface area (Å²) in [7, 11) is 0. The van der Waals surface area contributed by atoms with Crippen LogP contribution in [0.2, 0.25) is 10.0 Å². The third-order valence-corrected chi connectivity index (χ3v) is 8.04.